The number of hydrogen-bond donors (Lipinski definition) is 1. The Balaban J connectivity index is 1.97. The van der Waals surface area contributed by atoms with Crippen LogP contribution in [0.3, 0.4) is 0 Å². The molecule has 0 aliphatic heterocycles. The number of nitriles is 1. The lowest BCUT2D eigenvalue weighted by molar-refractivity contribution is 0.506. The van der Waals surface area contributed by atoms with Gasteiger partial charge in [0.2, 0.25) is 5.76 Å². The van der Waals surface area contributed by atoms with Gasteiger partial charge in [-0.05, 0) is 24.3 Å². The SMILES string of the molecule is N#Cc1ccc(CNc2cccnc2)o1. The van der Waals surface area contributed by atoms with E-state index in [1.807, 2.05) is 18.2 Å². The van der Waals surface area contributed by atoms with Crippen LogP contribution >= 0.6 is 0 Å². The fourth-order valence-electron chi connectivity index (χ4n) is 1.19. The average molecular weight is 199 g/mol. The van der Waals surface area contributed by atoms with Crippen LogP contribution in [0.4, 0.5) is 5.69 Å². The zero-order valence-corrected chi connectivity index (χ0v) is 7.97. The Kier molecular flexibility index (Phi) is 2.65. The van der Waals surface area contributed by atoms with E-state index in [9.17, 15) is 0 Å². The first-order valence-corrected chi connectivity index (χ1v) is 4.51. The molecular formula is C11H9N3O. The lowest BCUT2D eigenvalue weighted by Crippen LogP contribution is -1.97. The van der Waals surface area contributed by atoms with Crippen molar-refractivity contribution in [1.29, 1.82) is 5.26 Å². The Morgan fingerprint density at radius 1 is 1.40 bits per heavy atom. The molecule has 2 aromatic rings. The van der Waals surface area contributed by atoms with E-state index in [4.69, 9.17) is 9.68 Å². The highest BCUT2D eigenvalue weighted by Gasteiger charge is 2.00. The standard InChI is InChI=1S/C11H9N3O/c12-6-10-3-4-11(15-10)8-14-9-2-1-5-13-7-9/h1-5,7,14H,8H2. The minimum Gasteiger partial charge on any atom is -0.449 e. The predicted octanol–water partition coefficient (Wildman–Crippen LogP) is 2.16. The topological polar surface area (TPSA) is 61.9 Å². The normalized spacial score (nSPS) is 9.53. The van der Waals surface area contributed by atoms with Crippen LogP contribution in [0.5, 0.6) is 0 Å². The Bertz CT molecular complexity index is 470. The number of nitrogens with one attached hydrogen (secondary N) is 1. The van der Waals surface area contributed by atoms with E-state index in [0.717, 1.165) is 11.4 Å². The molecule has 0 aliphatic carbocycles. The Morgan fingerprint density at radius 3 is 3.00 bits per heavy atom. The second-order valence-corrected chi connectivity index (χ2v) is 2.97. The van der Waals surface area contributed by atoms with Crippen molar-refractivity contribution in [3.63, 3.8) is 0 Å². The molecule has 0 atom stereocenters. The van der Waals surface area contributed by atoms with Crippen LogP contribution in [0.15, 0.2) is 41.1 Å². The average Bonchev–Trinajstić information content (AvgIpc) is 2.76. The zero-order valence-electron chi connectivity index (χ0n) is 7.97. The Morgan fingerprint density at radius 2 is 2.33 bits per heavy atom. The molecule has 0 radical (unpaired) electrons. The zero-order chi connectivity index (χ0) is 10.5. The van der Waals surface area contributed by atoms with Gasteiger partial charge >= 0.3 is 0 Å². The molecule has 0 bridgehead atoms. The van der Waals surface area contributed by atoms with E-state index in [0.29, 0.717) is 12.3 Å². The van der Waals surface area contributed by atoms with Crippen LogP contribution in [0.2, 0.25) is 0 Å². The minimum atomic E-state index is 0.331. The highest BCUT2D eigenvalue weighted by atomic mass is 16.3. The maximum atomic E-state index is 8.56. The molecule has 0 aliphatic rings. The first-order chi connectivity index (χ1) is 7.38. The van der Waals surface area contributed by atoms with Crippen molar-refractivity contribution in [1.82, 2.24) is 4.98 Å². The molecule has 4 heteroatoms. The summed E-state index contributed by atoms with van der Waals surface area (Å²) in [6.07, 6.45) is 3.44. The molecular weight excluding hydrogens is 190 g/mol. The van der Waals surface area contributed by atoms with E-state index >= 15 is 0 Å². The maximum absolute atomic E-state index is 8.56. The molecule has 0 spiro atoms. The van der Waals surface area contributed by atoms with Crippen molar-refractivity contribution < 1.29 is 4.42 Å². The number of rotatable bonds is 3. The second-order valence-electron chi connectivity index (χ2n) is 2.97. The van der Waals surface area contributed by atoms with Crippen LogP contribution < -0.4 is 5.32 Å². The molecule has 74 valence electrons. The fraction of sp³-hybridized carbons (Fsp3) is 0.0909. The van der Waals surface area contributed by atoms with Gasteiger partial charge in [0.15, 0.2) is 0 Å². The lowest BCUT2D eigenvalue weighted by atomic mass is 10.4. The highest BCUT2D eigenvalue weighted by molar-refractivity contribution is 5.39. The Labute approximate surface area is 87.2 Å². The summed E-state index contributed by atoms with van der Waals surface area (Å²) < 4.78 is 5.21. The smallest absolute Gasteiger partial charge is 0.203 e. The van der Waals surface area contributed by atoms with Gasteiger partial charge in [-0.25, -0.2) is 0 Å². The summed E-state index contributed by atoms with van der Waals surface area (Å²) in [6.45, 7) is 0.549. The third-order valence-corrected chi connectivity index (χ3v) is 1.90. The summed E-state index contributed by atoms with van der Waals surface area (Å²) in [7, 11) is 0. The molecule has 0 fully saturated rings. The van der Waals surface area contributed by atoms with Gasteiger partial charge in [0.05, 0.1) is 12.2 Å². The van der Waals surface area contributed by atoms with Gasteiger partial charge in [0.1, 0.15) is 11.8 Å². The molecule has 2 heterocycles. The van der Waals surface area contributed by atoms with Gasteiger partial charge in [0, 0.05) is 12.4 Å². The van der Waals surface area contributed by atoms with Gasteiger partial charge in [-0.15, -0.1) is 0 Å². The first-order valence-electron chi connectivity index (χ1n) is 4.51. The van der Waals surface area contributed by atoms with Crippen LogP contribution in [0.25, 0.3) is 0 Å². The summed E-state index contributed by atoms with van der Waals surface area (Å²) in [4.78, 5) is 3.97. The Hall–Kier alpha value is -2.28. The molecule has 1 N–H and O–H groups in total. The van der Waals surface area contributed by atoms with E-state index in [-0.39, 0.29) is 0 Å². The van der Waals surface area contributed by atoms with Crippen LogP contribution in [-0.2, 0) is 6.54 Å². The predicted molar refractivity (Wildman–Crippen MR) is 55.0 cm³/mol. The molecule has 4 nitrogen and oxygen atoms in total. The number of nitrogens with zero attached hydrogens (tertiary/aromatic N) is 2. The summed E-state index contributed by atoms with van der Waals surface area (Å²) in [6, 6.07) is 9.14. The monoisotopic (exact) mass is 199 g/mol. The number of hydrogen-bond acceptors (Lipinski definition) is 4. The van der Waals surface area contributed by atoms with Gasteiger partial charge < -0.3 is 9.73 Å². The van der Waals surface area contributed by atoms with E-state index in [1.54, 1.807) is 24.5 Å². The van der Waals surface area contributed by atoms with Crippen molar-refractivity contribution >= 4 is 5.69 Å². The van der Waals surface area contributed by atoms with Crippen molar-refractivity contribution in [3.8, 4) is 6.07 Å². The largest absolute Gasteiger partial charge is 0.449 e. The first kappa shape index (κ1) is 9.28. The molecule has 0 amide bonds. The van der Waals surface area contributed by atoms with Crippen molar-refractivity contribution in [2.75, 3.05) is 5.32 Å². The summed E-state index contributed by atoms with van der Waals surface area (Å²) in [5.41, 5.74) is 0.924. The minimum absolute atomic E-state index is 0.331. The molecule has 2 aromatic heterocycles. The van der Waals surface area contributed by atoms with Gasteiger partial charge in [-0.2, -0.15) is 5.26 Å². The van der Waals surface area contributed by atoms with Crippen molar-refractivity contribution in [2.45, 2.75) is 6.54 Å². The number of anilines is 1. The third-order valence-electron chi connectivity index (χ3n) is 1.90. The highest BCUT2D eigenvalue weighted by Crippen LogP contribution is 2.09. The molecule has 0 unspecified atom stereocenters. The summed E-state index contributed by atoms with van der Waals surface area (Å²) >= 11 is 0. The van der Waals surface area contributed by atoms with E-state index < -0.39 is 0 Å². The van der Waals surface area contributed by atoms with E-state index in [1.165, 1.54) is 0 Å². The maximum Gasteiger partial charge on any atom is 0.203 e. The van der Waals surface area contributed by atoms with Crippen molar-refractivity contribution in [2.24, 2.45) is 0 Å². The van der Waals surface area contributed by atoms with Crippen molar-refractivity contribution in [3.05, 3.63) is 48.2 Å². The van der Waals surface area contributed by atoms with Crippen LogP contribution in [0.1, 0.15) is 11.5 Å². The van der Waals surface area contributed by atoms with Crippen LogP contribution in [0, 0.1) is 11.3 Å². The van der Waals surface area contributed by atoms with Crippen LogP contribution in [-0.4, -0.2) is 4.98 Å². The molecule has 2 rings (SSSR count). The summed E-state index contributed by atoms with van der Waals surface area (Å²) in [5, 5.41) is 11.7. The van der Waals surface area contributed by atoms with Gasteiger partial charge in [0.25, 0.3) is 0 Å². The lowest BCUT2D eigenvalue weighted by Gasteiger charge is -2.02. The quantitative estimate of drug-likeness (QED) is 0.822. The third kappa shape index (κ3) is 2.35. The second kappa shape index (κ2) is 4.29. The van der Waals surface area contributed by atoms with E-state index in [2.05, 4.69) is 10.3 Å². The number of furan rings is 1. The fourth-order valence-corrected chi connectivity index (χ4v) is 1.19. The molecule has 0 saturated carbocycles. The summed E-state index contributed by atoms with van der Waals surface area (Å²) in [5.74, 6) is 1.06. The van der Waals surface area contributed by atoms with Gasteiger partial charge in [-0.3, -0.25) is 4.98 Å². The van der Waals surface area contributed by atoms with Gasteiger partial charge in [-0.1, -0.05) is 0 Å². The number of aromatic nitrogens is 1. The molecule has 0 saturated heterocycles. The number of pyridine rings is 1. The molecule has 15 heavy (non-hydrogen) atoms. The molecule has 0 aromatic carbocycles.